The number of aliphatic hydroxyl groups is 2. The van der Waals surface area contributed by atoms with Gasteiger partial charge in [0.05, 0.1) is 78.6 Å². The highest BCUT2D eigenvalue weighted by atomic mass is 16.7. The first-order valence-corrected chi connectivity index (χ1v) is 46.7. The Kier molecular flexibility index (Phi) is 33.7. The van der Waals surface area contributed by atoms with Gasteiger partial charge in [0, 0.05) is 12.8 Å². The summed E-state index contributed by atoms with van der Waals surface area (Å²) in [5.74, 6) is -0.838. The quantitative estimate of drug-likeness (QED) is 0.0530. The van der Waals surface area contributed by atoms with Crippen molar-refractivity contribution in [2.75, 3.05) is 0 Å². The summed E-state index contributed by atoms with van der Waals surface area (Å²) in [7, 11) is 0. The van der Waals surface area contributed by atoms with Crippen LogP contribution in [0.15, 0.2) is 60.7 Å². The molecule has 16 rings (SSSR count). The van der Waals surface area contributed by atoms with Crippen molar-refractivity contribution in [1.29, 1.82) is 0 Å². The summed E-state index contributed by atoms with van der Waals surface area (Å²) in [5.41, 5.74) is -4.65. The lowest BCUT2D eigenvalue weighted by atomic mass is 9.52. The monoisotopic (exact) mass is 1760 g/mol. The van der Waals surface area contributed by atoms with Gasteiger partial charge in [0.15, 0.2) is 24.4 Å². The third-order valence-electron chi connectivity index (χ3n) is 30.4. The van der Waals surface area contributed by atoms with Gasteiger partial charge in [0.25, 0.3) is 0 Å². The zero-order valence-electron chi connectivity index (χ0n) is 81.1. The van der Waals surface area contributed by atoms with E-state index < -0.39 is 102 Å². The Bertz CT molecular complexity index is 3850. The third-order valence-corrected chi connectivity index (χ3v) is 30.4. The number of hydrogen-bond donors (Lipinski definition) is 4. The second-order valence-electron chi connectivity index (χ2n) is 44.1. The number of carboxylic acids is 2. The van der Waals surface area contributed by atoms with Crippen LogP contribution < -0.4 is 0 Å². The molecule has 6 saturated heterocycles. The van der Waals surface area contributed by atoms with E-state index in [2.05, 4.69) is 0 Å². The smallest absolute Gasteiger partial charge is 0.312 e. The lowest BCUT2D eigenvalue weighted by molar-refractivity contribution is -0.226. The molecule has 0 amide bonds. The van der Waals surface area contributed by atoms with E-state index in [4.69, 9.17) is 57.6 Å². The lowest BCUT2D eigenvalue weighted by Crippen LogP contribution is -2.61. The van der Waals surface area contributed by atoms with Crippen LogP contribution in [0.2, 0.25) is 0 Å². The molecule has 15 unspecified atom stereocenters. The van der Waals surface area contributed by atoms with Crippen molar-refractivity contribution < 1.29 is 116 Å². The Morgan fingerprint density at radius 1 is 0.352 bits per heavy atom. The Labute approximate surface area is 746 Å². The average Bonchev–Trinajstić information content (AvgIpc) is 1.45. The predicted molar refractivity (Wildman–Crippen MR) is 474 cm³/mol. The van der Waals surface area contributed by atoms with Crippen LogP contribution in [0.4, 0.5) is 0 Å². The first-order chi connectivity index (χ1) is 57.5. The Morgan fingerprint density at radius 3 is 0.904 bits per heavy atom. The maximum atomic E-state index is 12.4. The highest BCUT2D eigenvalue weighted by Gasteiger charge is 2.68. The molecular formula is C101H158O24. The van der Waals surface area contributed by atoms with Gasteiger partial charge >= 0.3 is 59.7 Å². The summed E-state index contributed by atoms with van der Waals surface area (Å²) >= 11 is 0. The highest BCUT2D eigenvalue weighted by Crippen LogP contribution is 2.61. The van der Waals surface area contributed by atoms with E-state index in [0.717, 1.165) is 94.6 Å². The maximum Gasteiger partial charge on any atom is 0.312 e. The van der Waals surface area contributed by atoms with E-state index in [1.54, 1.807) is 27.7 Å². The van der Waals surface area contributed by atoms with Crippen LogP contribution in [-0.2, 0) is 107 Å². The molecule has 0 aromatic heterocycles. The van der Waals surface area contributed by atoms with Gasteiger partial charge in [-0.25, -0.2) is 0 Å². The molecule has 125 heavy (non-hydrogen) atoms. The van der Waals surface area contributed by atoms with Gasteiger partial charge < -0.3 is 67.8 Å². The number of benzene rings is 2. The van der Waals surface area contributed by atoms with Crippen molar-refractivity contribution in [2.45, 2.75) is 424 Å². The lowest BCUT2D eigenvalue weighted by Gasteiger charge is -2.59. The molecule has 6 aliphatic heterocycles. The van der Waals surface area contributed by atoms with Crippen molar-refractivity contribution in [3.63, 3.8) is 0 Å². The van der Waals surface area contributed by atoms with E-state index in [9.17, 15) is 58.2 Å². The number of ether oxygens (including phenoxy) is 10. The van der Waals surface area contributed by atoms with E-state index in [1.807, 2.05) is 227 Å². The van der Waals surface area contributed by atoms with Gasteiger partial charge in [-0.15, -0.1) is 0 Å². The molecule has 4 N–H and O–H groups in total. The molecule has 6 heterocycles. The van der Waals surface area contributed by atoms with E-state index in [0.29, 0.717) is 75.0 Å². The molecule has 2 aromatic carbocycles. The van der Waals surface area contributed by atoms with Crippen molar-refractivity contribution in [3.05, 3.63) is 71.8 Å². The van der Waals surface area contributed by atoms with Crippen LogP contribution in [0.3, 0.4) is 0 Å². The van der Waals surface area contributed by atoms with Crippen LogP contribution in [-0.4, -0.2) is 151 Å². The Morgan fingerprint density at radius 2 is 0.632 bits per heavy atom. The summed E-state index contributed by atoms with van der Waals surface area (Å²) in [6.07, 6.45) is 16.9. The number of carbonyl (C=O) groups excluding carboxylic acids is 8. The van der Waals surface area contributed by atoms with Crippen molar-refractivity contribution >= 4 is 59.7 Å². The summed E-state index contributed by atoms with van der Waals surface area (Å²) in [5, 5.41) is 38.2. The van der Waals surface area contributed by atoms with Gasteiger partial charge in [0.2, 0.25) is 0 Å². The Balaban J connectivity index is 0.000000199. The molecule has 15 atom stereocenters. The fourth-order valence-electron chi connectivity index (χ4n) is 18.4. The fourth-order valence-corrected chi connectivity index (χ4v) is 18.4. The van der Waals surface area contributed by atoms with Crippen LogP contribution >= 0.6 is 0 Å². The fraction of sp³-hybridized carbons (Fsp3) is 0.782. The number of hydrogen-bond acceptors (Lipinski definition) is 22. The molecule has 8 saturated carbocycles. The number of carbonyl (C=O) groups is 10. The van der Waals surface area contributed by atoms with Crippen molar-refractivity contribution in [1.82, 2.24) is 0 Å². The first kappa shape index (κ1) is 105. The molecule has 706 valence electrons. The van der Waals surface area contributed by atoms with E-state index in [-0.39, 0.29) is 95.2 Å². The minimum Gasteiger partial charge on any atom is -0.481 e. The maximum absolute atomic E-state index is 12.4. The SMILES string of the molecule is CCC(C)(C)C(=O)O.CCC(C)(C)C(=O)O.CCC(C)(C)C(=O)OC(C)(C)c1ccccc1.CCC(C)(C)C(=O)OC(C)(CC)c1ccccc1.CCC(C)(C)C(=O)OC12CC3CC(CC(O)(C3)C1)C2.CCC(C)(C)C(=O)OC12CC3CC(CC(O)(C3)C1)C2.CCC(C)(C)C(=O)OC1C2CC3C(=O)OC1C3O2.CCC(C)(C)C(=O)OC1C2CC3C(=O)OC1C3O2. The molecule has 14 fully saturated rings. The average molecular weight is 1760 g/mol. The zero-order valence-corrected chi connectivity index (χ0v) is 81.1. The molecule has 0 spiro atoms. The predicted octanol–water partition coefficient (Wildman–Crippen LogP) is 19.4. The third kappa shape index (κ3) is 25.1. The van der Waals surface area contributed by atoms with Gasteiger partial charge in [-0.2, -0.15) is 0 Å². The minimum absolute atomic E-state index is 0.0828. The molecule has 8 aliphatic carbocycles. The molecule has 12 bridgehead atoms. The molecule has 0 radical (unpaired) electrons. The minimum atomic E-state index is -0.722. The molecule has 2 aromatic rings. The largest absolute Gasteiger partial charge is 0.481 e. The van der Waals surface area contributed by atoms with Crippen molar-refractivity contribution in [3.8, 4) is 0 Å². The first-order valence-electron chi connectivity index (χ1n) is 46.7. The normalized spacial score (nSPS) is 30.6. The summed E-state index contributed by atoms with van der Waals surface area (Å²) in [4.78, 5) is 117. The van der Waals surface area contributed by atoms with Crippen LogP contribution in [0.5, 0.6) is 0 Å². The second-order valence-corrected chi connectivity index (χ2v) is 44.1. The van der Waals surface area contributed by atoms with Crippen LogP contribution in [0, 0.1) is 78.8 Å². The van der Waals surface area contributed by atoms with Gasteiger partial charge in [0.1, 0.15) is 34.6 Å². The summed E-state index contributed by atoms with van der Waals surface area (Å²) in [6, 6.07) is 19.8. The van der Waals surface area contributed by atoms with Gasteiger partial charge in [-0.3, -0.25) is 47.9 Å². The molecule has 24 heteroatoms. The topological polar surface area (TPSA) is 344 Å². The second kappa shape index (κ2) is 40.1. The van der Waals surface area contributed by atoms with E-state index >= 15 is 0 Å². The van der Waals surface area contributed by atoms with Gasteiger partial charge in [-0.05, 0) is 301 Å². The highest BCUT2D eigenvalue weighted by molar-refractivity contribution is 5.81. The number of fused-ring (bicyclic) bond motifs is 2. The van der Waals surface area contributed by atoms with Crippen LogP contribution in [0.25, 0.3) is 0 Å². The van der Waals surface area contributed by atoms with Crippen LogP contribution in [0.1, 0.15) is 353 Å². The van der Waals surface area contributed by atoms with E-state index in [1.165, 1.54) is 12.8 Å². The molecule has 24 nitrogen and oxygen atoms in total. The Hall–Kier alpha value is -7.02. The number of carboxylic acid groups (broad SMARTS) is 2. The standard InChI is InChI=1S/2C16H26O3.C16H24O2.C15H22O2.2C13H18O5.2C6H12O2/c2*1-4-14(2,3)13(17)19-16-8-11-5-12(9-16)7-15(18,6-11)10-16;1-6-15(3,4)14(17)18-16(5,7-2)13-11-9-8-10-12-13;1-6-14(2,3)13(16)17-15(4,5)12-10-8-7-9-11-12;2*1-4-13(2,3)12(15)18-9-7-5-6-8(16-7)10(9)17-11(6)14;2*1-4-6(2,3)5(7)8/h2*11-12,18H,4-10H2,1-3H3;8-12H,6-7H2,1-5H3;7-11H,6H2,1-5H3;2*6-10H,4-5H2,1-3H3;2*4H2,1-3H3,(H,7,8). The molecule has 14 aliphatic rings. The number of rotatable bonds is 25. The zero-order chi connectivity index (χ0) is 94.4. The molecular weight excluding hydrogens is 1600 g/mol. The summed E-state index contributed by atoms with van der Waals surface area (Å²) in [6.45, 7) is 53.3. The summed E-state index contributed by atoms with van der Waals surface area (Å²) < 4.78 is 56.3. The number of aliphatic carboxylic acids is 2. The van der Waals surface area contributed by atoms with Crippen molar-refractivity contribution in [2.24, 2.45) is 78.8 Å². The van der Waals surface area contributed by atoms with Gasteiger partial charge in [-0.1, -0.05) is 123 Å². The number of esters is 8.